The molecule has 3 aromatic rings. The van der Waals surface area contributed by atoms with Gasteiger partial charge in [0.15, 0.2) is 17.8 Å². The molecule has 2 aromatic heterocycles. The number of benzene rings is 1. The molecule has 2 heterocycles. The number of nitrogens with two attached hydrogens (primary N) is 2. The molecule has 0 bridgehead atoms. The zero-order chi connectivity index (χ0) is 18.7. The third kappa shape index (κ3) is 4.39. The molecule has 0 aliphatic heterocycles. The van der Waals surface area contributed by atoms with Crippen molar-refractivity contribution in [3.8, 4) is 22.8 Å². The quantitative estimate of drug-likeness (QED) is 0.447. The Hall–Kier alpha value is -3.46. The van der Waals surface area contributed by atoms with Crippen LogP contribution in [0.15, 0.2) is 58.2 Å². The van der Waals surface area contributed by atoms with E-state index in [1.165, 1.54) is 30.5 Å². The summed E-state index contributed by atoms with van der Waals surface area (Å²) in [5.74, 6) is -1.86. The van der Waals surface area contributed by atoms with Crippen molar-refractivity contribution in [2.75, 3.05) is 0 Å². The Balaban J connectivity index is 0.00000261. The second kappa shape index (κ2) is 8.28. The lowest BCUT2D eigenvalue weighted by Crippen LogP contribution is -2.26. The standard InChI is InChI=1S/C17H14FN5O3.ClH/c18-11-5-3-9(4-6-11)15-22-12(13(16(24)25)23-17(19)20)14(26-15)10-2-1-7-21-8-10;/h1-8,13H,(H,24,25)(H4,19,20,23);1H. The maximum absolute atomic E-state index is 13.1. The zero-order valence-electron chi connectivity index (χ0n) is 13.7. The topological polar surface area (TPSA) is 141 Å². The van der Waals surface area contributed by atoms with Gasteiger partial charge in [-0.3, -0.25) is 4.98 Å². The van der Waals surface area contributed by atoms with Crippen LogP contribution in [0.1, 0.15) is 11.7 Å². The number of aliphatic carboxylic acids is 1. The van der Waals surface area contributed by atoms with Gasteiger partial charge in [0.25, 0.3) is 0 Å². The van der Waals surface area contributed by atoms with Gasteiger partial charge < -0.3 is 21.0 Å². The van der Waals surface area contributed by atoms with Crippen LogP contribution in [0.25, 0.3) is 22.8 Å². The van der Waals surface area contributed by atoms with Crippen molar-refractivity contribution < 1.29 is 18.7 Å². The number of nitrogens with zero attached hydrogens (tertiary/aromatic N) is 3. The predicted molar refractivity (Wildman–Crippen MR) is 98.6 cm³/mol. The summed E-state index contributed by atoms with van der Waals surface area (Å²) in [6.45, 7) is 0. The fourth-order valence-electron chi connectivity index (χ4n) is 2.32. The van der Waals surface area contributed by atoms with Gasteiger partial charge in [0, 0.05) is 23.5 Å². The van der Waals surface area contributed by atoms with E-state index in [9.17, 15) is 14.3 Å². The summed E-state index contributed by atoms with van der Waals surface area (Å²) in [4.78, 5) is 23.6. The van der Waals surface area contributed by atoms with Crippen molar-refractivity contribution in [2.45, 2.75) is 6.04 Å². The highest BCUT2D eigenvalue weighted by Crippen LogP contribution is 2.34. The molecule has 0 saturated heterocycles. The highest BCUT2D eigenvalue weighted by atomic mass is 35.5. The number of carboxylic acid groups (broad SMARTS) is 1. The number of hydrogen-bond donors (Lipinski definition) is 3. The number of rotatable bonds is 5. The number of hydrogen-bond acceptors (Lipinski definition) is 5. The van der Waals surface area contributed by atoms with E-state index in [1.807, 2.05) is 0 Å². The summed E-state index contributed by atoms with van der Waals surface area (Å²) < 4.78 is 18.9. The third-order valence-corrected chi connectivity index (χ3v) is 3.44. The third-order valence-electron chi connectivity index (χ3n) is 3.44. The first-order valence-electron chi connectivity index (χ1n) is 7.44. The molecule has 0 fully saturated rings. The van der Waals surface area contributed by atoms with Crippen LogP contribution in [0.4, 0.5) is 4.39 Å². The molecule has 10 heteroatoms. The van der Waals surface area contributed by atoms with E-state index < -0.39 is 23.8 Å². The van der Waals surface area contributed by atoms with Crippen LogP contribution in [0.2, 0.25) is 0 Å². The van der Waals surface area contributed by atoms with Crippen molar-refractivity contribution in [3.05, 3.63) is 60.3 Å². The second-order valence-corrected chi connectivity index (χ2v) is 5.28. The van der Waals surface area contributed by atoms with Crippen LogP contribution in [0, 0.1) is 5.82 Å². The Labute approximate surface area is 159 Å². The lowest BCUT2D eigenvalue weighted by molar-refractivity contribution is -0.138. The summed E-state index contributed by atoms with van der Waals surface area (Å²) in [6, 6.07) is 7.30. The molecule has 27 heavy (non-hydrogen) atoms. The Morgan fingerprint density at radius 1 is 1.19 bits per heavy atom. The summed E-state index contributed by atoms with van der Waals surface area (Å²) >= 11 is 0. The van der Waals surface area contributed by atoms with Gasteiger partial charge in [-0.25, -0.2) is 19.2 Å². The summed E-state index contributed by atoms with van der Waals surface area (Å²) in [5, 5.41) is 9.50. The lowest BCUT2D eigenvalue weighted by atomic mass is 10.1. The van der Waals surface area contributed by atoms with Gasteiger partial charge >= 0.3 is 5.97 Å². The average Bonchev–Trinajstić information content (AvgIpc) is 3.05. The van der Waals surface area contributed by atoms with Crippen LogP contribution < -0.4 is 11.5 Å². The van der Waals surface area contributed by atoms with Gasteiger partial charge in [-0.2, -0.15) is 0 Å². The number of oxazole rings is 1. The minimum Gasteiger partial charge on any atom is -0.479 e. The number of guanidine groups is 1. The molecule has 8 nitrogen and oxygen atoms in total. The molecule has 0 amide bonds. The molecular formula is C17H15ClFN5O3. The molecule has 1 unspecified atom stereocenters. The SMILES string of the molecule is Cl.NC(N)=NC(C(=O)O)c1nc(-c2ccc(F)cc2)oc1-c1cccnc1. The molecule has 140 valence electrons. The number of halogens is 2. The van der Waals surface area contributed by atoms with E-state index in [0.29, 0.717) is 11.1 Å². The van der Waals surface area contributed by atoms with Crippen molar-refractivity contribution in [1.29, 1.82) is 0 Å². The first kappa shape index (κ1) is 19.9. The molecule has 0 aliphatic rings. The second-order valence-electron chi connectivity index (χ2n) is 5.28. The Morgan fingerprint density at radius 3 is 2.44 bits per heavy atom. The molecule has 1 aromatic carbocycles. The molecule has 0 saturated carbocycles. The minimum atomic E-state index is -1.46. The summed E-state index contributed by atoms with van der Waals surface area (Å²) in [7, 11) is 0. The van der Waals surface area contributed by atoms with Gasteiger partial charge in [-0.15, -0.1) is 12.4 Å². The molecule has 0 aliphatic carbocycles. The Bertz CT molecular complexity index is 956. The van der Waals surface area contributed by atoms with Gasteiger partial charge in [0.05, 0.1) is 0 Å². The maximum Gasteiger partial charge on any atom is 0.335 e. The maximum atomic E-state index is 13.1. The number of aromatic nitrogens is 2. The van der Waals surface area contributed by atoms with Crippen molar-refractivity contribution >= 4 is 24.3 Å². The van der Waals surface area contributed by atoms with E-state index in [0.717, 1.165) is 0 Å². The molecular weight excluding hydrogens is 377 g/mol. The zero-order valence-corrected chi connectivity index (χ0v) is 14.6. The minimum absolute atomic E-state index is 0. The molecule has 0 spiro atoms. The summed E-state index contributed by atoms with van der Waals surface area (Å²) in [5.41, 5.74) is 11.7. The molecule has 5 N–H and O–H groups in total. The molecule has 3 rings (SSSR count). The van der Waals surface area contributed by atoms with Gasteiger partial charge in [-0.05, 0) is 36.4 Å². The van der Waals surface area contributed by atoms with Crippen LogP contribution in [-0.4, -0.2) is 27.0 Å². The number of carbonyl (C=O) groups is 1. The number of carboxylic acids is 1. The van der Waals surface area contributed by atoms with Gasteiger partial charge in [0.1, 0.15) is 11.5 Å². The van der Waals surface area contributed by atoms with E-state index >= 15 is 0 Å². The molecule has 0 radical (unpaired) electrons. The number of aliphatic imine (C=N–C) groups is 1. The van der Waals surface area contributed by atoms with Gasteiger partial charge in [0.2, 0.25) is 5.89 Å². The summed E-state index contributed by atoms with van der Waals surface area (Å²) in [6.07, 6.45) is 3.05. The average molecular weight is 392 g/mol. The normalized spacial score (nSPS) is 11.3. The van der Waals surface area contributed by atoms with Crippen molar-refractivity contribution in [3.63, 3.8) is 0 Å². The van der Waals surface area contributed by atoms with E-state index in [2.05, 4.69) is 15.0 Å². The lowest BCUT2D eigenvalue weighted by Gasteiger charge is -2.06. The Kier molecular flexibility index (Phi) is 6.09. The highest BCUT2D eigenvalue weighted by molar-refractivity contribution is 5.85. The largest absolute Gasteiger partial charge is 0.479 e. The van der Waals surface area contributed by atoms with Crippen LogP contribution in [0.3, 0.4) is 0 Å². The first-order valence-corrected chi connectivity index (χ1v) is 7.44. The fourth-order valence-corrected chi connectivity index (χ4v) is 2.32. The monoisotopic (exact) mass is 391 g/mol. The highest BCUT2D eigenvalue weighted by Gasteiger charge is 2.29. The van der Waals surface area contributed by atoms with Crippen LogP contribution in [-0.2, 0) is 4.79 Å². The molecule has 1 atom stereocenters. The smallest absolute Gasteiger partial charge is 0.335 e. The fraction of sp³-hybridized carbons (Fsp3) is 0.0588. The van der Waals surface area contributed by atoms with Gasteiger partial charge in [-0.1, -0.05) is 0 Å². The van der Waals surface area contributed by atoms with E-state index in [-0.39, 0.29) is 29.8 Å². The van der Waals surface area contributed by atoms with Crippen molar-refractivity contribution in [1.82, 2.24) is 9.97 Å². The first-order chi connectivity index (χ1) is 12.5. The van der Waals surface area contributed by atoms with Crippen LogP contribution >= 0.6 is 12.4 Å². The van der Waals surface area contributed by atoms with E-state index in [4.69, 9.17) is 15.9 Å². The Morgan fingerprint density at radius 2 is 1.89 bits per heavy atom. The van der Waals surface area contributed by atoms with Crippen molar-refractivity contribution in [2.24, 2.45) is 16.5 Å². The van der Waals surface area contributed by atoms with E-state index in [1.54, 1.807) is 18.3 Å². The van der Waals surface area contributed by atoms with Crippen LogP contribution in [0.5, 0.6) is 0 Å². The predicted octanol–water partition coefficient (Wildman–Crippen LogP) is 2.36. The number of pyridine rings is 1.